The topological polar surface area (TPSA) is 48.5 Å². The quantitative estimate of drug-likeness (QED) is 0.804. The van der Waals surface area contributed by atoms with Gasteiger partial charge in [-0.05, 0) is 24.6 Å². The highest BCUT2D eigenvalue weighted by Gasteiger charge is 2.21. The molecule has 2 rings (SSSR count). The zero-order chi connectivity index (χ0) is 15.1. The first kappa shape index (κ1) is 15.8. The maximum Gasteiger partial charge on any atom is 0.223 e. The lowest BCUT2D eigenvalue weighted by atomic mass is 10.2. The molecule has 0 spiro atoms. The highest BCUT2D eigenvalue weighted by atomic mass is 16.2. The molecule has 1 amide bonds. The van der Waals surface area contributed by atoms with Crippen molar-refractivity contribution >= 4 is 11.7 Å². The second-order valence-electron chi connectivity index (χ2n) is 5.90. The third-order valence-corrected chi connectivity index (χ3v) is 3.67. The largest absolute Gasteiger partial charge is 0.353 e. The van der Waals surface area contributed by atoms with Crippen LogP contribution in [-0.4, -0.2) is 55.1 Å². The number of piperazine rings is 1. The van der Waals surface area contributed by atoms with Crippen molar-refractivity contribution in [3.63, 3.8) is 0 Å². The number of anilines is 1. The second-order valence-corrected chi connectivity index (χ2v) is 5.90. The summed E-state index contributed by atoms with van der Waals surface area (Å²) in [5.74, 6) is 1.89. The number of aromatic nitrogens is 1. The summed E-state index contributed by atoms with van der Waals surface area (Å²) in [7, 11) is 0. The van der Waals surface area contributed by atoms with Crippen LogP contribution in [0.25, 0.3) is 0 Å². The minimum atomic E-state index is 0.256. The van der Waals surface area contributed by atoms with Crippen LogP contribution in [0.3, 0.4) is 0 Å². The fraction of sp³-hybridized carbons (Fsp3) is 0.625. The molecule has 0 saturated carbocycles. The van der Waals surface area contributed by atoms with E-state index in [-0.39, 0.29) is 5.91 Å². The van der Waals surface area contributed by atoms with Crippen molar-refractivity contribution in [3.05, 3.63) is 24.4 Å². The number of nitrogens with zero attached hydrogens (tertiary/aromatic N) is 3. The first-order valence-electron chi connectivity index (χ1n) is 7.81. The smallest absolute Gasteiger partial charge is 0.223 e. The van der Waals surface area contributed by atoms with E-state index in [0.29, 0.717) is 12.3 Å². The van der Waals surface area contributed by atoms with Crippen LogP contribution >= 0.6 is 0 Å². The van der Waals surface area contributed by atoms with Crippen LogP contribution in [0.2, 0.25) is 0 Å². The molecule has 0 radical (unpaired) electrons. The van der Waals surface area contributed by atoms with Crippen molar-refractivity contribution in [2.45, 2.75) is 20.3 Å². The van der Waals surface area contributed by atoms with Crippen LogP contribution in [0.1, 0.15) is 20.3 Å². The summed E-state index contributed by atoms with van der Waals surface area (Å²) in [6, 6.07) is 5.95. The summed E-state index contributed by atoms with van der Waals surface area (Å²) in [5.41, 5.74) is 0. The van der Waals surface area contributed by atoms with Crippen LogP contribution < -0.4 is 10.2 Å². The van der Waals surface area contributed by atoms with Gasteiger partial charge in [0.15, 0.2) is 0 Å². The number of pyridine rings is 1. The number of nitrogens with one attached hydrogen (secondary N) is 1. The van der Waals surface area contributed by atoms with Crippen molar-refractivity contribution in [1.29, 1.82) is 0 Å². The molecule has 0 aromatic carbocycles. The predicted molar refractivity (Wildman–Crippen MR) is 85.4 cm³/mol. The minimum Gasteiger partial charge on any atom is -0.353 e. The average Bonchev–Trinajstić information content (AvgIpc) is 2.52. The molecule has 1 aliphatic heterocycles. The zero-order valence-corrected chi connectivity index (χ0v) is 13.1. The first-order valence-corrected chi connectivity index (χ1v) is 7.81. The van der Waals surface area contributed by atoms with Crippen LogP contribution in [0.15, 0.2) is 24.4 Å². The highest BCUT2D eigenvalue weighted by Crippen LogP contribution is 2.12. The summed E-state index contributed by atoms with van der Waals surface area (Å²) >= 11 is 0. The SMILES string of the molecule is CC(C)CNCCC(=O)N1CCN(c2ccccn2)CC1. The van der Waals surface area contributed by atoms with E-state index >= 15 is 0 Å². The Hall–Kier alpha value is -1.62. The van der Waals surface area contributed by atoms with E-state index in [0.717, 1.165) is 45.1 Å². The van der Waals surface area contributed by atoms with Gasteiger partial charge in [0.1, 0.15) is 5.82 Å². The van der Waals surface area contributed by atoms with E-state index in [4.69, 9.17) is 0 Å². The summed E-state index contributed by atoms with van der Waals surface area (Å²) in [6.45, 7) is 9.40. The molecule has 0 unspecified atom stereocenters. The molecule has 1 saturated heterocycles. The van der Waals surface area contributed by atoms with E-state index in [1.54, 1.807) is 0 Å². The Morgan fingerprint density at radius 2 is 2.05 bits per heavy atom. The minimum absolute atomic E-state index is 0.256. The Kier molecular flexibility index (Phi) is 5.99. The normalized spacial score (nSPS) is 15.6. The zero-order valence-electron chi connectivity index (χ0n) is 13.1. The van der Waals surface area contributed by atoms with Crippen molar-refractivity contribution in [1.82, 2.24) is 15.2 Å². The summed E-state index contributed by atoms with van der Waals surface area (Å²) < 4.78 is 0. The van der Waals surface area contributed by atoms with Gasteiger partial charge in [-0.2, -0.15) is 0 Å². The first-order chi connectivity index (χ1) is 10.2. The summed E-state index contributed by atoms with van der Waals surface area (Å²) in [4.78, 5) is 20.7. The third-order valence-electron chi connectivity index (χ3n) is 3.67. The number of rotatable bonds is 6. The van der Waals surface area contributed by atoms with Crippen molar-refractivity contribution in [2.24, 2.45) is 5.92 Å². The fourth-order valence-corrected chi connectivity index (χ4v) is 2.47. The Morgan fingerprint density at radius 3 is 2.67 bits per heavy atom. The Morgan fingerprint density at radius 1 is 1.29 bits per heavy atom. The summed E-state index contributed by atoms with van der Waals surface area (Å²) in [6.07, 6.45) is 2.41. The average molecular weight is 290 g/mol. The van der Waals surface area contributed by atoms with Gasteiger partial charge in [0.2, 0.25) is 5.91 Å². The number of carbonyl (C=O) groups is 1. The molecular weight excluding hydrogens is 264 g/mol. The fourth-order valence-electron chi connectivity index (χ4n) is 2.47. The number of hydrogen-bond donors (Lipinski definition) is 1. The van der Waals surface area contributed by atoms with Crippen LogP contribution in [0, 0.1) is 5.92 Å². The lowest BCUT2D eigenvalue weighted by Gasteiger charge is -2.35. The number of hydrogen-bond acceptors (Lipinski definition) is 4. The molecule has 1 aromatic heterocycles. The molecule has 1 aromatic rings. The van der Waals surface area contributed by atoms with Gasteiger partial charge in [-0.25, -0.2) is 4.98 Å². The molecule has 5 heteroatoms. The third kappa shape index (κ3) is 5.01. The molecule has 1 fully saturated rings. The van der Waals surface area contributed by atoms with E-state index in [2.05, 4.69) is 29.0 Å². The van der Waals surface area contributed by atoms with E-state index < -0.39 is 0 Å². The van der Waals surface area contributed by atoms with Crippen molar-refractivity contribution < 1.29 is 4.79 Å². The monoisotopic (exact) mass is 290 g/mol. The van der Waals surface area contributed by atoms with Crippen LogP contribution in [0.5, 0.6) is 0 Å². The van der Waals surface area contributed by atoms with Crippen molar-refractivity contribution in [2.75, 3.05) is 44.2 Å². The van der Waals surface area contributed by atoms with E-state index in [1.165, 1.54) is 0 Å². The van der Waals surface area contributed by atoms with Crippen molar-refractivity contribution in [3.8, 4) is 0 Å². The number of carbonyl (C=O) groups excluding carboxylic acids is 1. The Balaban J connectivity index is 1.70. The van der Waals surface area contributed by atoms with Crippen LogP contribution in [0.4, 0.5) is 5.82 Å². The number of amides is 1. The van der Waals surface area contributed by atoms with Crippen LogP contribution in [-0.2, 0) is 4.79 Å². The van der Waals surface area contributed by atoms with Gasteiger partial charge in [-0.15, -0.1) is 0 Å². The molecule has 5 nitrogen and oxygen atoms in total. The van der Waals surface area contributed by atoms with Gasteiger partial charge >= 0.3 is 0 Å². The highest BCUT2D eigenvalue weighted by molar-refractivity contribution is 5.76. The van der Waals surface area contributed by atoms with Gasteiger partial charge in [-0.1, -0.05) is 19.9 Å². The van der Waals surface area contributed by atoms with Gasteiger partial charge < -0.3 is 15.1 Å². The maximum absolute atomic E-state index is 12.1. The molecule has 1 aliphatic rings. The molecule has 0 aliphatic carbocycles. The molecule has 0 atom stereocenters. The standard InChI is InChI=1S/C16H26N4O/c1-14(2)13-17-8-6-16(21)20-11-9-19(10-12-20)15-5-3-4-7-18-15/h3-5,7,14,17H,6,8-13H2,1-2H3. The van der Waals surface area contributed by atoms with Gasteiger partial charge in [0.05, 0.1) is 0 Å². The molecule has 116 valence electrons. The molecule has 2 heterocycles. The van der Waals surface area contributed by atoms with Gasteiger partial charge in [-0.3, -0.25) is 4.79 Å². The Bertz CT molecular complexity index is 427. The molecule has 21 heavy (non-hydrogen) atoms. The maximum atomic E-state index is 12.1. The lowest BCUT2D eigenvalue weighted by molar-refractivity contribution is -0.131. The molecular formula is C16H26N4O. The van der Waals surface area contributed by atoms with E-state index in [9.17, 15) is 4.79 Å². The van der Waals surface area contributed by atoms with E-state index in [1.807, 2.05) is 29.3 Å². The predicted octanol–water partition coefficient (Wildman–Crippen LogP) is 1.37. The molecule has 0 bridgehead atoms. The van der Waals surface area contributed by atoms with Gasteiger partial charge in [0, 0.05) is 45.3 Å². The second kappa shape index (κ2) is 7.98. The molecule has 1 N–H and O–H groups in total. The lowest BCUT2D eigenvalue weighted by Crippen LogP contribution is -2.49. The van der Waals surface area contributed by atoms with Gasteiger partial charge in [0.25, 0.3) is 0 Å². The summed E-state index contributed by atoms with van der Waals surface area (Å²) in [5, 5.41) is 3.32. The Labute approximate surface area is 127 Å².